The maximum Gasteiger partial charge on any atom is 0.243 e. The van der Waals surface area contributed by atoms with Gasteiger partial charge in [0.2, 0.25) is 15.9 Å². The van der Waals surface area contributed by atoms with Crippen molar-refractivity contribution in [2.45, 2.75) is 11.4 Å². The summed E-state index contributed by atoms with van der Waals surface area (Å²) in [6, 6.07) is 12.1. The lowest BCUT2D eigenvalue weighted by molar-refractivity contribution is -0.122. The van der Waals surface area contributed by atoms with Crippen LogP contribution in [0, 0.1) is 11.6 Å². The van der Waals surface area contributed by atoms with Crippen molar-refractivity contribution in [3.63, 3.8) is 0 Å². The van der Waals surface area contributed by atoms with Crippen LogP contribution in [0.4, 0.5) is 8.78 Å². The van der Waals surface area contributed by atoms with Crippen LogP contribution in [0.15, 0.2) is 53.4 Å². The third kappa shape index (κ3) is 4.92. The number of piperazine rings is 1. The minimum absolute atomic E-state index is 0.138. The van der Waals surface area contributed by atoms with E-state index in [0.717, 1.165) is 17.7 Å². The van der Waals surface area contributed by atoms with Gasteiger partial charge in [-0.3, -0.25) is 9.69 Å². The fourth-order valence-electron chi connectivity index (χ4n) is 2.97. The highest BCUT2D eigenvalue weighted by atomic mass is 32.2. The molecule has 28 heavy (non-hydrogen) atoms. The molecule has 0 aromatic heterocycles. The summed E-state index contributed by atoms with van der Waals surface area (Å²) in [6.45, 7) is 1.71. The molecule has 6 nitrogen and oxygen atoms in total. The predicted molar refractivity (Wildman–Crippen MR) is 99.8 cm³/mol. The Morgan fingerprint density at radius 3 is 2.29 bits per heavy atom. The van der Waals surface area contributed by atoms with Crippen LogP contribution in [0.1, 0.15) is 5.56 Å². The van der Waals surface area contributed by atoms with Gasteiger partial charge < -0.3 is 5.32 Å². The molecule has 3 rings (SSSR count). The Morgan fingerprint density at radius 2 is 1.64 bits per heavy atom. The number of carbonyl (C=O) groups is 1. The standard InChI is InChI=1S/C19H21F2N3O3S/c20-17-7-6-16(12-18(17)21)28(26,27)24-10-8-23(9-11-24)14-19(25)22-13-15-4-2-1-3-5-15/h1-7,12H,8-11,13-14H2,(H,22,25). The number of nitrogens with one attached hydrogen (secondary N) is 1. The van der Waals surface area contributed by atoms with Gasteiger partial charge in [-0.25, -0.2) is 17.2 Å². The molecule has 0 atom stereocenters. The first-order chi connectivity index (χ1) is 13.4. The van der Waals surface area contributed by atoms with Crippen LogP contribution in [-0.2, 0) is 21.4 Å². The second-order valence-electron chi connectivity index (χ2n) is 6.52. The Hall–Kier alpha value is -2.36. The summed E-state index contributed by atoms with van der Waals surface area (Å²) in [6.07, 6.45) is 0. The van der Waals surface area contributed by atoms with E-state index in [4.69, 9.17) is 0 Å². The number of hydrogen-bond acceptors (Lipinski definition) is 4. The van der Waals surface area contributed by atoms with Crippen LogP contribution in [0.3, 0.4) is 0 Å². The van der Waals surface area contributed by atoms with Crippen molar-refractivity contribution in [3.8, 4) is 0 Å². The summed E-state index contributed by atoms with van der Waals surface area (Å²) in [5, 5.41) is 2.84. The molecule has 0 saturated carbocycles. The van der Waals surface area contributed by atoms with Gasteiger partial charge >= 0.3 is 0 Å². The lowest BCUT2D eigenvalue weighted by Crippen LogP contribution is -2.51. The molecule has 0 spiro atoms. The molecule has 0 bridgehead atoms. The molecule has 0 unspecified atom stereocenters. The van der Waals surface area contributed by atoms with E-state index in [1.54, 1.807) is 0 Å². The van der Waals surface area contributed by atoms with Crippen LogP contribution in [-0.4, -0.2) is 56.3 Å². The summed E-state index contributed by atoms with van der Waals surface area (Å²) in [5.41, 5.74) is 0.998. The minimum atomic E-state index is -3.90. The van der Waals surface area contributed by atoms with Crippen molar-refractivity contribution >= 4 is 15.9 Å². The first-order valence-electron chi connectivity index (χ1n) is 8.84. The first-order valence-corrected chi connectivity index (χ1v) is 10.3. The maximum atomic E-state index is 13.4. The molecule has 9 heteroatoms. The Morgan fingerprint density at radius 1 is 0.964 bits per heavy atom. The zero-order valence-corrected chi connectivity index (χ0v) is 16.0. The maximum absolute atomic E-state index is 13.4. The van der Waals surface area contributed by atoms with Crippen LogP contribution in [0.25, 0.3) is 0 Å². The lowest BCUT2D eigenvalue weighted by Gasteiger charge is -2.33. The van der Waals surface area contributed by atoms with Crippen LogP contribution in [0.2, 0.25) is 0 Å². The summed E-state index contributed by atoms with van der Waals surface area (Å²) in [5.74, 6) is -2.43. The number of hydrogen-bond donors (Lipinski definition) is 1. The Bertz CT molecular complexity index is 931. The smallest absolute Gasteiger partial charge is 0.243 e. The van der Waals surface area contributed by atoms with Crippen molar-refractivity contribution in [1.29, 1.82) is 0 Å². The van der Waals surface area contributed by atoms with Gasteiger partial charge in [0.1, 0.15) is 0 Å². The minimum Gasteiger partial charge on any atom is -0.351 e. The molecule has 0 radical (unpaired) electrons. The highest BCUT2D eigenvalue weighted by molar-refractivity contribution is 7.89. The first kappa shape index (κ1) is 20.4. The van der Waals surface area contributed by atoms with Gasteiger partial charge in [-0.1, -0.05) is 30.3 Å². The molecular weight excluding hydrogens is 388 g/mol. The predicted octanol–water partition coefficient (Wildman–Crippen LogP) is 1.59. The SMILES string of the molecule is O=C(CN1CCN(S(=O)(=O)c2ccc(F)c(F)c2)CC1)NCc1ccccc1. The normalized spacial score (nSPS) is 16.1. The molecule has 2 aromatic rings. The molecule has 0 aliphatic carbocycles. The molecule has 1 fully saturated rings. The third-order valence-electron chi connectivity index (χ3n) is 4.56. The Labute approximate surface area is 162 Å². The van der Waals surface area contributed by atoms with E-state index >= 15 is 0 Å². The van der Waals surface area contributed by atoms with Crippen molar-refractivity contribution in [2.24, 2.45) is 0 Å². The lowest BCUT2D eigenvalue weighted by atomic mass is 10.2. The molecule has 2 aromatic carbocycles. The van der Waals surface area contributed by atoms with E-state index in [1.807, 2.05) is 35.2 Å². The summed E-state index contributed by atoms with van der Waals surface area (Å²) in [4.78, 5) is 13.7. The highest BCUT2D eigenvalue weighted by Gasteiger charge is 2.29. The van der Waals surface area contributed by atoms with Crippen LogP contribution < -0.4 is 5.32 Å². The van der Waals surface area contributed by atoms with Gasteiger partial charge in [-0.2, -0.15) is 4.31 Å². The molecule has 1 amide bonds. The third-order valence-corrected chi connectivity index (χ3v) is 6.45. The van der Waals surface area contributed by atoms with E-state index in [2.05, 4.69) is 5.32 Å². The molecule has 1 heterocycles. The molecular formula is C19H21F2N3O3S. The van der Waals surface area contributed by atoms with Gasteiger partial charge in [0, 0.05) is 32.7 Å². The number of carbonyl (C=O) groups excluding carboxylic acids is 1. The van der Waals surface area contributed by atoms with Gasteiger partial charge in [-0.15, -0.1) is 0 Å². The van der Waals surface area contributed by atoms with Gasteiger partial charge in [-0.05, 0) is 23.8 Å². The van der Waals surface area contributed by atoms with Crippen LogP contribution >= 0.6 is 0 Å². The van der Waals surface area contributed by atoms with Gasteiger partial charge in [0.15, 0.2) is 11.6 Å². The van der Waals surface area contributed by atoms with Crippen LogP contribution in [0.5, 0.6) is 0 Å². The second-order valence-corrected chi connectivity index (χ2v) is 8.46. The summed E-state index contributed by atoms with van der Waals surface area (Å²) >= 11 is 0. The molecule has 1 aliphatic rings. The Balaban J connectivity index is 1.51. The van der Waals surface area contributed by atoms with E-state index in [9.17, 15) is 22.0 Å². The topological polar surface area (TPSA) is 69.7 Å². The van der Waals surface area contributed by atoms with Crippen molar-refractivity contribution in [2.75, 3.05) is 32.7 Å². The van der Waals surface area contributed by atoms with E-state index in [1.165, 1.54) is 4.31 Å². The number of nitrogens with zero attached hydrogens (tertiary/aromatic N) is 2. The number of sulfonamides is 1. The molecule has 150 valence electrons. The molecule has 1 aliphatic heterocycles. The zero-order valence-electron chi connectivity index (χ0n) is 15.1. The van der Waals surface area contributed by atoms with Crippen molar-refractivity contribution < 1.29 is 22.0 Å². The van der Waals surface area contributed by atoms with E-state index in [0.29, 0.717) is 25.7 Å². The monoisotopic (exact) mass is 409 g/mol. The molecule has 1 N–H and O–H groups in total. The average molecular weight is 409 g/mol. The second kappa shape index (κ2) is 8.76. The number of amides is 1. The highest BCUT2D eigenvalue weighted by Crippen LogP contribution is 2.19. The quantitative estimate of drug-likeness (QED) is 0.787. The Kier molecular flexibility index (Phi) is 6.38. The number of halogens is 2. The van der Waals surface area contributed by atoms with Gasteiger partial charge in [0.05, 0.1) is 11.4 Å². The summed E-state index contributed by atoms with van der Waals surface area (Å²) < 4.78 is 52.8. The molecule has 1 saturated heterocycles. The fraction of sp³-hybridized carbons (Fsp3) is 0.316. The van der Waals surface area contributed by atoms with E-state index in [-0.39, 0.29) is 30.4 Å². The van der Waals surface area contributed by atoms with E-state index < -0.39 is 21.7 Å². The average Bonchev–Trinajstić information content (AvgIpc) is 2.69. The fourth-order valence-corrected chi connectivity index (χ4v) is 4.40. The number of benzene rings is 2. The van der Waals surface area contributed by atoms with Crippen molar-refractivity contribution in [3.05, 3.63) is 65.7 Å². The largest absolute Gasteiger partial charge is 0.351 e. The van der Waals surface area contributed by atoms with Crippen molar-refractivity contribution in [1.82, 2.24) is 14.5 Å². The summed E-state index contributed by atoms with van der Waals surface area (Å²) in [7, 11) is -3.90. The van der Waals surface area contributed by atoms with Gasteiger partial charge in [0.25, 0.3) is 0 Å². The zero-order chi connectivity index (χ0) is 20.1. The number of rotatable bonds is 6.